The number of hydrogen-bond acceptors (Lipinski definition) is 5. The Morgan fingerprint density at radius 2 is 1.79 bits per heavy atom. The molecule has 24 heavy (non-hydrogen) atoms. The molecule has 2 aliphatic rings. The van der Waals surface area contributed by atoms with Crippen molar-refractivity contribution in [2.75, 3.05) is 6.79 Å². The average Bonchev–Trinajstić information content (AvgIpc) is 2.99. The van der Waals surface area contributed by atoms with Gasteiger partial charge >= 0.3 is 0 Å². The van der Waals surface area contributed by atoms with E-state index in [4.69, 9.17) is 43.1 Å². The van der Waals surface area contributed by atoms with Gasteiger partial charge in [-0.2, -0.15) is 5.26 Å². The van der Waals surface area contributed by atoms with Crippen LogP contribution in [0, 0.1) is 11.3 Å². The highest BCUT2D eigenvalue weighted by Gasteiger charge is 2.34. The summed E-state index contributed by atoms with van der Waals surface area (Å²) in [6.07, 6.45) is 0. The fourth-order valence-corrected chi connectivity index (χ4v) is 3.42. The molecule has 2 aliphatic heterocycles. The predicted molar refractivity (Wildman–Crippen MR) is 88.3 cm³/mol. The van der Waals surface area contributed by atoms with Gasteiger partial charge in [-0.25, -0.2) is 0 Å². The summed E-state index contributed by atoms with van der Waals surface area (Å²) in [4.78, 5) is 0. The lowest BCUT2D eigenvalue weighted by atomic mass is 9.83. The zero-order valence-electron chi connectivity index (χ0n) is 12.2. The third-order valence-electron chi connectivity index (χ3n) is 3.98. The van der Waals surface area contributed by atoms with Gasteiger partial charge in [0.25, 0.3) is 0 Å². The lowest BCUT2D eigenvalue weighted by Gasteiger charge is -2.27. The molecule has 1 atom stereocenters. The number of nitrogens with two attached hydrogens (primary N) is 1. The van der Waals surface area contributed by atoms with Crippen LogP contribution in [0.1, 0.15) is 17.0 Å². The van der Waals surface area contributed by atoms with Gasteiger partial charge in [0.15, 0.2) is 11.5 Å². The van der Waals surface area contributed by atoms with Gasteiger partial charge in [-0.15, -0.1) is 0 Å². The molecule has 0 amide bonds. The minimum absolute atomic E-state index is 0.0416. The summed E-state index contributed by atoms with van der Waals surface area (Å²) in [6, 6.07) is 10.7. The van der Waals surface area contributed by atoms with Gasteiger partial charge in [-0.05, 0) is 23.8 Å². The number of fused-ring (bicyclic) bond motifs is 2. The molecule has 0 fully saturated rings. The van der Waals surface area contributed by atoms with E-state index in [0.717, 1.165) is 5.56 Å². The monoisotopic (exact) mass is 360 g/mol. The van der Waals surface area contributed by atoms with Crippen molar-refractivity contribution in [3.8, 4) is 23.3 Å². The van der Waals surface area contributed by atoms with Crippen LogP contribution in [0.4, 0.5) is 0 Å². The fraction of sp³-hybridized carbons (Fsp3) is 0.118. The minimum Gasteiger partial charge on any atom is -0.454 e. The Morgan fingerprint density at radius 1 is 1.04 bits per heavy atom. The van der Waals surface area contributed by atoms with Crippen LogP contribution in [-0.2, 0) is 0 Å². The molecule has 0 spiro atoms. The molecule has 0 aromatic heterocycles. The molecular formula is C17H10Cl2N2O3. The molecule has 4 rings (SSSR count). The number of nitriles is 1. The summed E-state index contributed by atoms with van der Waals surface area (Å²) < 4.78 is 16.4. The average molecular weight is 361 g/mol. The van der Waals surface area contributed by atoms with Gasteiger partial charge in [-0.1, -0.05) is 29.3 Å². The Kier molecular flexibility index (Phi) is 3.45. The summed E-state index contributed by atoms with van der Waals surface area (Å²) in [5.74, 6) is 1.23. The first-order valence-corrected chi connectivity index (χ1v) is 7.80. The summed E-state index contributed by atoms with van der Waals surface area (Å²) in [5.41, 5.74) is 7.68. The molecule has 2 N–H and O–H groups in total. The number of benzene rings is 2. The van der Waals surface area contributed by atoms with E-state index in [1.54, 1.807) is 30.3 Å². The van der Waals surface area contributed by atoms with E-state index in [2.05, 4.69) is 6.07 Å². The van der Waals surface area contributed by atoms with Gasteiger partial charge in [0.1, 0.15) is 17.4 Å². The number of halogens is 2. The van der Waals surface area contributed by atoms with E-state index in [1.165, 1.54) is 0 Å². The maximum atomic E-state index is 9.56. The van der Waals surface area contributed by atoms with E-state index >= 15 is 0 Å². The third kappa shape index (κ3) is 2.23. The quantitative estimate of drug-likeness (QED) is 0.833. The normalized spacial score (nSPS) is 18.0. The molecule has 120 valence electrons. The van der Waals surface area contributed by atoms with Crippen molar-refractivity contribution in [1.82, 2.24) is 0 Å². The number of rotatable bonds is 1. The summed E-state index contributed by atoms with van der Waals surface area (Å²) in [7, 11) is 0. The third-order valence-corrected chi connectivity index (χ3v) is 4.55. The number of nitrogens with zero attached hydrogens (tertiary/aromatic N) is 1. The Balaban J connectivity index is 1.96. The zero-order valence-corrected chi connectivity index (χ0v) is 13.7. The Labute approximate surface area is 147 Å². The molecule has 2 heterocycles. The fourth-order valence-electron chi connectivity index (χ4n) is 2.90. The summed E-state index contributed by atoms with van der Waals surface area (Å²) in [6.45, 7) is 0.138. The lowest BCUT2D eigenvalue weighted by molar-refractivity contribution is 0.174. The van der Waals surface area contributed by atoms with Gasteiger partial charge < -0.3 is 19.9 Å². The van der Waals surface area contributed by atoms with Crippen LogP contribution >= 0.6 is 23.2 Å². The van der Waals surface area contributed by atoms with E-state index in [9.17, 15) is 5.26 Å². The molecule has 0 saturated carbocycles. The van der Waals surface area contributed by atoms with Crippen LogP contribution in [0.25, 0.3) is 0 Å². The second kappa shape index (κ2) is 5.52. The SMILES string of the molecule is N#CC1=C(N)Oc2cc3c(cc2[C@H]1c1ccc(Cl)cc1Cl)OCO3. The van der Waals surface area contributed by atoms with Crippen molar-refractivity contribution in [3.05, 3.63) is 63.0 Å². The number of hydrogen-bond donors (Lipinski definition) is 1. The van der Waals surface area contributed by atoms with Gasteiger partial charge in [0.2, 0.25) is 12.7 Å². The molecule has 0 saturated heterocycles. The molecular weight excluding hydrogens is 351 g/mol. The van der Waals surface area contributed by atoms with Crippen LogP contribution < -0.4 is 19.9 Å². The maximum absolute atomic E-state index is 9.56. The second-order valence-corrected chi connectivity index (χ2v) is 6.18. The largest absolute Gasteiger partial charge is 0.454 e. The van der Waals surface area contributed by atoms with Crippen molar-refractivity contribution >= 4 is 23.2 Å². The van der Waals surface area contributed by atoms with E-state index in [0.29, 0.717) is 32.9 Å². The molecule has 0 radical (unpaired) electrons. The second-order valence-electron chi connectivity index (χ2n) is 5.33. The first kappa shape index (κ1) is 15.0. The standard InChI is InChI=1S/C17H10Cl2N2O3/c18-8-1-2-9(12(19)3-8)16-10-4-14-15(23-7-22-14)5-13(10)24-17(21)11(16)6-20/h1-5,16H,7,21H2/t16-/m1/s1. The van der Waals surface area contributed by atoms with Crippen molar-refractivity contribution in [2.45, 2.75) is 5.92 Å². The van der Waals surface area contributed by atoms with Gasteiger partial charge in [-0.3, -0.25) is 0 Å². The summed E-state index contributed by atoms with van der Waals surface area (Å²) >= 11 is 12.3. The first-order valence-electron chi connectivity index (χ1n) is 7.04. The molecule has 5 nitrogen and oxygen atoms in total. The smallest absolute Gasteiger partial charge is 0.231 e. The van der Waals surface area contributed by atoms with E-state index < -0.39 is 5.92 Å². The topological polar surface area (TPSA) is 77.5 Å². The zero-order chi connectivity index (χ0) is 16.8. The Hall–Kier alpha value is -2.55. The summed E-state index contributed by atoms with van der Waals surface area (Å²) in [5, 5.41) is 10.5. The lowest BCUT2D eigenvalue weighted by Crippen LogP contribution is -2.21. The molecule has 2 aromatic carbocycles. The number of allylic oxidation sites excluding steroid dienone is 1. The first-order chi connectivity index (χ1) is 11.6. The highest BCUT2D eigenvalue weighted by molar-refractivity contribution is 6.35. The van der Waals surface area contributed by atoms with Crippen molar-refractivity contribution < 1.29 is 14.2 Å². The maximum Gasteiger partial charge on any atom is 0.231 e. The van der Waals surface area contributed by atoms with E-state index in [1.807, 2.05) is 0 Å². The molecule has 0 aliphatic carbocycles. The Morgan fingerprint density at radius 3 is 2.50 bits per heavy atom. The number of ether oxygens (including phenoxy) is 3. The van der Waals surface area contributed by atoms with Crippen molar-refractivity contribution in [1.29, 1.82) is 5.26 Å². The van der Waals surface area contributed by atoms with Gasteiger partial charge in [0.05, 0.1) is 5.92 Å². The van der Waals surface area contributed by atoms with Crippen molar-refractivity contribution in [3.63, 3.8) is 0 Å². The van der Waals surface area contributed by atoms with Crippen LogP contribution in [0.5, 0.6) is 17.2 Å². The van der Waals surface area contributed by atoms with E-state index in [-0.39, 0.29) is 18.2 Å². The van der Waals surface area contributed by atoms with Crippen LogP contribution in [0.2, 0.25) is 10.0 Å². The molecule has 2 aromatic rings. The molecule has 0 bridgehead atoms. The minimum atomic E-state index is -0.474. The predicted octanol–water partition coefficient (Wildman–Crippen LogP) is 3.94. The molecule has 7 heteroatoms. The highest BCUT2D eigenvalue weighted by atomic mass is 35.5. The highest BCUT2D eigenvalue weighted by Crippen LogP contribution is 2.49. The van der Waals surface area contributed by atoms with Crippen molar-refractivity contribution in [2.24, 2.45) is 5.73 Å². The van der Waals surface area contributed by atoms with Gasteiger partial charge in [0, 0.05) is 21.7 Å². The van der Waals surface area contributed by atoms with Crippen LogP contribution in [0.3, 0.4) is 0 Å². The Bertz CT molecular complexity index is 934. The van der Waals surface area contributed by atoms with Crippen LogP contribution in [-0.4, -0.2) is 6.79 Å². The van der Waals surface area contributed by atoms with Crippen LogP contribution in [0.15, 0.2) is 41.8 Å². The molecule has 0 unspecified atom stereocenters.